The summed E-state index contributed by atoms with van der Waals surface area (Å²) in [6.07, 6.45) is 9.14. The summed E-state index contributed by atoms with van der Waals surface area (Å²) in [5.41, 5.74) is 2.29. The molecule has 1 heteroatoms. The van der Waals surface area contributed by atoms with E-state index < -0.39 is 0 Å². The first-order valence-electron chi connectivity index (χ1n) is 7.93. The lowest BCUT2D eigenvalue weighted by atomic mass is 9.75. The van der Waals surface area contributed by atoms with E-state index in [0.29, 0.717) is 11.7 Å². The Bertz CT molecular complexity index is 504. The normalized spacial score (nSPS) is 36.5. The molecule has 2 saturated carbocycles. The average molecular weight is 254 g/mol. The monoisotopic (exact) mass is 254 g/mol. The number of Topliss-reactive ketones (excluding diaryl/α,β-unsaturated/α-hetero) is 1. The van der Waals surface area contributed by atoms with Crippen LogP contribution in [-0.2, 0) is 6.42 Å². The van der Waals surface area contributed by atoms with Crippen molar-refractivity contribution in [3.8, 4) is 0 Å². The van der Waals surface area contributed by atoms with Crippen LogP contribution in [0.4, 0.5) is 0 Å². The van der Waals surface area contributed by atoms with Crippen molar-refractivity contribution in [2.45, 2.75) is 44.9 Å². The van der Waals surface area contributed by atoms with Crippen molar-refractivity contribution in [1.29, 1.82) is 0 Å². The third kappa shape index (κ3) is 1.94. The second kappa shape index (κ2) is 4.47. The lowest BCUT2D eigenvalue weighted by molar-refractivity contribution is 0.0867. The molecule has 3 aliphatic carbocycles. The van der Waals surface area contributed by atoms with Gasteiger partial charge in [-0.15, -0.1) is 0 Å². The molecule has 0 N–H and O–H groups in total. The van der Waals surface area contributed by atoms with Crippen LogP contribution >= 0.6 is 0 Å². The summed E-state index contributed by atoms with van der Waals surface area (Å²) < 4.78 is 0. The Morgan fingerprint density at radius 2 is 1.95 bits per heavy atom. The molecule has 0 radical (unpaired) electrons. The highest BCUT2D eigenvalue weighted by atomic mass is 16.1. The minimum absolute atomic E-state index is 0.319. The van der Waals surface area contributed by atoms with Gasteiger partial charge in [-0.2, -0.15) is 0 Å². The van der Waals surface area contributed by atoms with Gasteiger partial charge in [0, 0.05) is 11.5 Å². The van der Waals surface area contributed by atoms with Crippen molar-refractivity contribution >= 4 is 5.78 Å². The predicted molar refractivity (Wildman–Crippen MR) is 76.1 cm³/mol. The van der Waals surface area contributed by atoms with Gasteiger partial charge < -0.3 is 0 Å². The second-order valence-corrected chi connectivity index (χ2v) is 6.93. The molecule has 0 amide bonds. The van der Waals surface area contributed by atoms with E-state index in [1.807, 2.05) is 12.1 Å². The number of hydrogen-bond acceptors (Lipinski definition) is 1. The Kier molecular flexibility index (Phi) is 2.75. The molecule has 0 spiro atoms. The van der Waals surface area contributed by atoms with E-state index in [9.17, 15) is 4.79 Å². The molecule has 1 aromatic rings. The highest BCUT2D eigenvalue weighted by molar-refractivity contribution is 6.00. The van der Waals surface area contributed by atoms with Gasteiger partial charge in [0.2, 0.25) is 0 Å². The summed E-state index contributed by atoms with van der Waals surface area (Å²) in [7, 11) is 0. The lowest BCUT2D eigenvalue weighted by Crippen LogP contribution is -2.26. The van der Waals surface area contributed by atoms with Crippen molar-refractivity contribution in [2.75, 3.05) is 0 Å². The van der Waals surface area contributed by atoms with Gasteiger partial charge in [0.15, 0.2) is 5.78 Å². The van der Waals surface area contributed by atoms with Crippen LogP contribution in [0.1, 0.15) is 54.4 Å². The van der Waals surface area contributed by atoms with E-state index in [1.54, 1.807) is 0 Å². The van der Waals surface area contributed by atoms with Gasteiger partial charge >= 0.3 is 0 Å². The summed E-state index contributed by atoms with van der Waals surface area (Å²) in [6.45, 7) is 0. The van der Waals surface area contributed by atoms with Crippen molar-refractivity contribution in [1.82, 2.24) is 0 Å². The summed E-state index contributed by atoms with van der Waals surface area (Å²) >= 11 is 0. The zero-order valence-corrected chi connectivity index (χ0v) is 11.5. The van der Waals surface area contributed by atoms with Crippen LogP contribution in [0.2, 0.25) is 0 Å². The third-order valence-electron chi connectivity index (χ3n) is 5.89. The third-order valence-corrected chi connectivity index (χ3v) is 5.89. The minimum atomic E-state index is 0.319. The second-order valence-electron chi connectivity index (χ2n) is 6.93. The van der Waals surface area contributed by atoms with Crippen LogP contribution in [0.25, 0.3) is 0 Å². The molecule has 19 heavy (non-hydrogen) atoms. The van der Waals surface area contributed by atoms with Crippen molar-refractivity contribution in [3.63, 3.8) is 0 Å². The smallest absolute Gasteiger partial charge is 0.166 e. The van der Waals surface area contributed by atoms with Crippen molar-refractivity contribution < 1.29 is 4.79 Å². The van der Waals surface area contributed by atoms with E-state index >= 15 is 0 Å². The zero-order valence-electron chi connectivity index (χ0n) is 11.5. The lowest BCUT2D eigenvalue weighted by Gasteiger charge is -2.29. The molecule has 3 aliphatic rings. The molecule has 1 nitrogen and oxygen atoms in total. The number of aryl methyl sites for hydroxylation is 1. The number of fused-ring (bicyclic) bond motifs is 3. The SMILES string of the molecule is O=C1c2ccccc2CCC1CC1CC2CCC1C2. The summed E-state index contributed by atoms with van der Waals surface area (Å²) in [5, 5.41) is 0. The van der Waals surface area contributed by atoms with E-state index in [-0.39, 0.29) is 0 Å². The molecular formula is C18H22O. The summed E-state index contributed by atoms with van der Waals surface area (Å²) in [5.74, 6) is 3.57. The quantitative estimate of drug-likeness (QED) is 0.770. The fraction of sp³-hybridized carbons (Fsp3) is 0.611. The molecule has 4 atom stereocenters. The molecule has 0 aromatic heterocycles. The standard InChI is InChI=1S/C18H22O/c19-18-15(8-7-13-3-1-2-4-17(13)18)11-16-10-12-5-6-14(16)9-12/h1-4,12,14-16H,5-11H2. The molecule has 100 valence electrons. The van der Waals surface area contributed by atoms with Crippen LogP contribution in [0.15, 0.2) is 24.3 Å². The van der Waals surface area contributed by atoms with E-state index in [0.717, 1.165) is 36.2 Å². The zero-order chi connectivity index (χ0) is 12.8. The Morgan fingerprint density at radius 3 is 2.74 bits per heavy atom. The topological polar surface area (TPSA) is 17.1 Å². The van der Waals surface area contributed by atoms with E-state index in [4.69, 9.17) is 0 Å². The Labute approximate surface area is 115 Å². The number of benzene rings is 1. The van der Waals surface area contributed by atoms with Gasteiger partial charge in [0.1, 0.15) is 0 Å². The Morgan fingerprint density at radius 1 is 1.05 bits per heavy atom. The first-order chi connectivity index (χ1) is 9.31. The molecule has 0 saturated heterocycles. The first-order valence-corrected chi connectivity index (χ1v) is 7.93. The van der Waals surface area contributed by atoms with Crippen LogP contribution < -0.4 is 0 Å². The number of rotatable bonds is 2. The molecule has 4 rings (SSSR count). The fourth-order valence-corrected chi connectivity index (χ4v) is 4.91. The number of hydrogen-bond donors (Lipinski definition) is 0. The van der Waals surface area contributed by atoms with E-state index in [1.165, 1.54) is 37.7 Å². The maximum Gasteiger partial charge on any atom is 0.166 e. The maximum atomic E-state index is 12.6. The average Bonchev–Trinajstić information content (AvgIpc) is 3.05. The number of carbonyl (C=O) groups is 1. The van der Waals surface area contributed by atoms with Gasteiger partial charge in [0.05, 0.1) is 0 Å². The molecule has 2 bridgehead atoms. The molecule has 0 heterocycles. The van der Waals surface area contributed by atoms with E-state index in [2.05, 4.69) is 12.1 Å². The van der Waals surface area contributed by atoms with Crippen LogP contribution in [0.5, 0.6) is 0 Å². The van der Waals surface area contributed by atoms with Gasteiger partial charge in [0.25, 0.3) is 0 Å². The number of ketones is 1. The molecule has 4 unspecified atom stereocenters. The number of carbonyl (C=O) groups excluding carboxylic acids is 1. The molecule has 1 aromatic carbocycles. The maximum absolute atomic E-state index is 12.6. The summed E-state index contributed by atoms with van der Waals surface area (Å²) in [6, 6.07) is 8.23. The highest BCUT2D eigenvalue weighted by Crippen LogP contribution is 2.51. The fourth-order valence-electron chi connectivity index (χ4n) is 4.91. The van der Waals surface area contributed by atoms with Gasteiger partial charge in [-0.1, -0.05) is 30.7 Å². The van der Waals surface area contributed by atoms with Gasteiger partial charge in [-0.3, -0.25) is 4.79 Å². The first kappa shape index (κ1) is 11.7. The largest absolute Gasteiger partial charge is 0.294 e. The van der Waals surface area contributed by atoms with Crippen molar-refractivity contribution in [3.05, 3.63) is 35.4 Å². The molecule has 2 fully saturated rings. The van der Waals surface area contributed by atoms with Crippen LogP contribution in [-0.4, -0.2) is 5.78 Å². The van der Waals surface area contributed by atoms with Crippen LogP contribution in [0, 0.1) is 23.7 Å². The Balaban J connectivity index is 1.50. The molecule has 0 aliphatic heterocycles. The molecular weight excluding hydrogens is 232 g/mol. The highest BCUT2D eigenvalue weighted by Gasteiger charge is 2.41. The van der Waals surface area contributed by atoms with Gasteiger partial charge in [-0.25, -0.2) is 0 Å². The minimum Gasteiger partial charge on any atom is -0.294 e. The van der Waals surface area contributed by atoms with Crippen molar-refractivity contribution in [2.24, 2.45) is 23.7 Å². The van der Waals surface area contributed by atoms with Gasteiger partial charge in [-0.05, 0) is 61.8 Å². The van der Waals surface area contributed by atoms with Crippen LogP contribution in [0.3, 0.4) is 0 Å². The predicted octanol–water partition coefficient (Wildman–Crippen LogP) is 4.26. The Hall–Kier alpha value is -1.11. The summed E-state index contributed by atoms with van der Waals surface area (Å²) in [4.78, 5) is 12.6.